The zero-order chi connectivity index (χ0) is 17.1. The summed E-state index contributed by atoms with van der Waals surface area (Å²) in [6, 6.07) is 9.24. The predicted octanol–water partition coefficient (Wildman–Crippen LogP) is 4.03. The third kappa shape index (κ3) is 3.57. The monoisotopic (exact) mass is 350 g/mol. The lowest BCUT2D eigenvalue weighted by atomic mass is 10.2. The summed E-state index contributed by atoms with van der Waals surface area (Å²) in [5, 5.41) is 4.31. The van der Waals surface area contributed by atoms with Gasteiger partial charge in [0, 0.05) is 10.6 Å². The molecule has 0 saturated heterocycles. The Bertz CT molecular complexity index is 881. The molecule has 1 aromatic heterocycles. The van der Waals surface area contributed by atoms with Crippen LogP contribution in [0.15, 0.2) is 47.0 Å². The van der Waals surface area contributed by atoms with E-state index in [4.69, 9.17) is 20.9 Å². The summed E-state index contributed by atoms with van der Waals surface area (Å²) in [6.45, 7) is -0.366. The lowest BCUT2D eigenvalue weighted by Gasteiger charge is -2.03. The quantitative estimate of drug-likeness (QED) is 0.665. The highest BCUT2D eigenvalue weighted by molar-refractivity contribution is 6.30. The molecule has 0 radical (unpaired) electrons. The average molecular weight is 351 g/mol. The normalized spacial score (nSPS) is 10.6. The summed E-state index contributed by atoms with van der Waals surface area (Å²) in [7, 11) is 0. The van der Waals surface area contributed by atoms with Gasteiger partial charge >= 0.3 is 5.97 Å². The average Bonchev–Trinajstić information content (AvgIpc) is 3.04. The number of nitrogens with zero attached hydrogens (tertiary/aromatic N) is 2. The smallest absolute Gasteiger partial charge is 0.341 e. The fourth-order valence-corrected chi connectivity index (χ4v) is 2.01. The predicted molar refractivity (Wildman–Crippen MR) is 80.2 cm³/mol. The largest absolute Gasteiger partial charge is 0.452 e. The van der Waals surface area contributed by atoms with Gasteiger partial charge in [-0.2, -0.15) is 4.98 Å². The molecule has 5 nitrogen and oxygen atoms in total. The van der Waals surface area contributed by atoms with E-state index in [1.54, 1.807) is 24.3 Å². The van der Waals surface area contributed by atoms with E-state index in [2.05, 4.69) is 10.1 Å². The van der Waals surface area contributed by atoms with Crippen LogP contribution in [0.3, 0.4) is 0 Å². The Kier molecular flexibility index (Phi) is 4.52. The summed E-state index contributed by atoms with van der Waals surface area (Å²) < 4.78 is 36.3. The van der Waals surface area contributed by atoms with Crippen LogP contribution >= 0.6 is 11.6 Å². The molecule has 0 aliphatic carbocycles. The maximum absolute atomic E-state index is 13.5. The number of rotatable bonds is 4. The van der Waals surface area contributed by atoms with Gasteiger partial charge in [0.2, 0.25) is 5.82 Å². The maximum Gasteiger partial charge on any atom is 0.341 e. The molecule has 122 valence electrons. The first-order chi connectivity index (χ1) is 11.5. The lowest BCUT2D eigenvalue weighted by molar-refractivity contribution is 0.0424. The molecule has 3 aromatic rings. The number of carbonyl (C=O) groups excluding carboxylic acids is 1. The molecule has 0 unspecified atom stereocenters. The van der Waals surface area contributed by atoms with E-state index >= 15 is 0 Å². The molecule has 1 heterocycles. The fraction of sp³-hybridized carbons (Fsp3) is 0.0625. The Labute approximate surface area is 139 Å². The number of hydrogen-bond acceptors (Lipinski definition) is 5. The first-order valence-corrected chi connectivity index (χ1v) is 7.11. The molecule has 0 N–H and O–H groups in total. The Morgan fingerprint density at radius 3 is 2.67 bits per heavy atom. The molecule has 0 spiro atoms. The molecular weight excluding hydrogens is 342 g/mol. The van der Waals surface area contributed by atoms with Crippen LogP contribution in [0.1, 0.15) is 16.2 Å². The van der Waals surface area contributed by atoms with Crippen LogP contribution in [-0.4, -0.2) is 16.1 Å². The number of esters is 1. The minimum Gasteiger partial charge on any atom is -0.452 e. The van der Waals surface area contributed by atoms with Crippen molar-refractivity contribution < 1.29 is 22.8 Å². The van der Waals surface area contributed by atoms with Gasteiger partial charge in [-0.25, -0.2) is 13.6 Å². The van der Waals surface area contributed by atoms with Gasteiger partial charge < -0.3 is 9.26 Å². The van der Waals surface area contributed by atoms with Gasteiger partial charge in [-0.05, 0) is 42.5 Å². The van der Waals surface area contributed by atoms with Crippen molar-refractivity contribution >= 4 is 17.6 Å². The Hall–Kier alpha value is -2.80. The number of aromatic nitrogens is 2. The molecule has 0 aliphatic heterocycles. The highest BCUT2D eigenvalue weighted by atomic mass is 35.5. The van der Waals surface area contributed by atoms with E-state index in [-0.39, 0.29) is 18.3 Å². The molecule has 0 aliphatic rings. The van der Waals surface area contributed by atoms with Gasteiger partial charge in [0.1, 0.15) is 11.6 Å². The zero-order valence-electron chi connectivity index (χ0n) is 12.0. The Balaban J connectivity index is 1.68. The Morgan fingerprint density at radius 2 is 1.92 bits per heavy atom. The van der Waals surface area contributed by atoms with Crippen molar-refractivity contribution in [2.75, 3.05) is 0 Å². The van der Waals surface area contributed by atoms with Crippen LogP contribution < -0.4 is 0 Å². The van der Waals surface area contributed by atoms with E-state index in [9.17, 15) is 13.6 Å². The topological polar surface area (TPSA) is 65.2 Å². The minimum atomic E-state index is -1.03. The van der Waals surface area contributed by atoms with Crippen molar-refractivity contribution in [2.24, 2.45) is 0 Å². The van der Waals surface area contributed by atoms with Crippen LogP contribution in [0.5, 0.6) is 0 Å². The first kappa shape index (κ1) is 16.1. The standard InChI is InChI=1S/C16H9ClF2N2O3/c17-10-3-1-9(2-4-10)15-20-14(24-21-15)8-23-16(22)12-7-11(18)5-6-13(12)19/h1-7H,8H2. The summed E-state index contributed by atoms with van der Waals surface area (Å²) >= 11 is 5.79. The first-order valence-electron chi connectivity index (χ1n) is 6.73. The number of benzene rings is 2. The van der Waals surface area contributed by atoms with Crippen LogP contribution in [0.25, 0.3) is 11.4 Å². The van der Waals surface area contributed by atoms with E-state index in [0.29, 0.717) is 10.6 Å². The molecule has 3 rings (SSSR count). The van der Waals surface area contributed by atoms with Gasteiger partial charge in [-0.15, -0.1) is 0 Å². The third-order valence-electron chi connectivity index (χ3n) is 3.05. The summed E-state index contributed by atoms with van der Waals surface area (Å²) in [5.74, 6) is -2.35. The van der Waals surface area contributed by atoms with E-state index in [1.807, 2.05) is 0 Å². The fourth-order valence-electron chi connectivity index (χ4n) is 1.89. The van der Waals surface area contributed by atoms with Gasteiger partial charge in [-0.1, -0.05) is 16.8 Å². The molecule has 0 fully saturated rings. The highest BCUT2D eigenvalue weighted by Crippen LogP contribution is 2.19. The van der Waals surface area contributed by atoms with E-state index < -0.39 is 23.2 Å². The molecule has 0 atom stereocenters. The number of halogens is 3. The summed E-state index contributed by atoms with van der Waals surface area (Å²) in [5.41, 5.74) is 0.157. The van der Waals surface area contributed by atoms with Crippen LogP contribution in [0.2, 0.25) is 5.02 Å². The molecular formula is C16H9ClF2N2O3. The third-order valence-corrected chi connectivity index (χ3v) is 3.30. The summed E-state index contributed by atoms with van der Waals surface area (Å²) in [6.07, 6.45) is 0. The van der Waals surface area contributed by atoms with Crippen LogP contribution in [0.4, 0.5) is 8.78 Å². The number of ether oxygens (including phenoxy) is 1. The van der Waals surface area contributed by atoms with Gasteiger partial charge in [-0.3, -0.25) is 0 Å². The van der Waals surface area contributed by atoms with Crippen LogP contribution in [0, 0.1) is 11.6 Å². The highest BCUT2D eigenvalue weighted by Gasteiger charge is 2.16. The van der Waals surface area contributed by atoms with Crippen molar-refractivity contribution in [2.45, 2.75) is 6.61 Å². The molecule has 0 bridgehead atoms. The van der Waals surface area contributed by atoms with Crippen molar-refractivity contribution in [1.29, 1.82) is 0 Å². The van der Waals surface area contributed by atoms with Crippen molar-refractivity contribution in [3.05, 3.63) is 70.6 Å². The molecule has 2 aromatic carbocycles. The molecule has 0 amide bonds. The van der Waals surface area contributed by atoms with E-state index in [1.165, 1.54) is 0 Å². The lowest BCUT2D eigenvalue weighted by Crippen LogP contribution is -2.08. The van der Waals surface area contributed by atoms with Crippen molar-refractivity contribution in [1.82, 2.24) is 10.1 Å². The van der Waals surface area contributed by atoms with Gasteiger partial charge in [0.05, 0.1) is 5.56 Å². The van der Waals surface area contributed by atoms with E-state index in [0.717, 1.165) is 18.2 Å². The minimum absolute atomic E-state index is 0.0186. The second-order valence-corrected chi connectivity index (χ2v) is 5.16. The number of carbonyl (C=O) groups is 1. The molecule has 24 heavy (non-hydrogen) atoms. The molecule has 0 saturated carbocycles. The van der Waals surface area contributed by atoms with Crippen molar-refractivity contribution in [3.63, 3.8) is 0 Å². The summed E-state index contributed by atoms with van der Waals surface area (Å²) in [4.78, 5) is 15.8. The SMILES string of the molecule is O=C(OCc1nc(-c2ccc(Cl)cc2)no1)c1cc(F)ccc1F. The van der Waals surface area contributed by atoms with Gasteiger partial charge in [0.25, 0.3) is 5.89 Å². The van der Waals surface area contributed by atoms with Crippen LogP contribution in [-0.2, 0) is 11.3 Å². The second kappa shape index (κ2) is 6.76. The van der Waals surface area contributed by atoms with Crippen molar-refractivity contribution in [3.8, 4) is 11.4 Å². The molecule has 8 heteroatoms. The zero-order valence-corrected chi connectivity index (χ0v) is 12.8. The van der Waals surface area contributed by atoms with Gasteiger partial charge in [0.15, 0.2) is 6.61 Å². The Morgan fingerprint density at radius 1 is 1.17 bits per heavy atom. The second-order valence-electron chi connectivity index (χ2n) is 4.72. The number of hydrogen-bond donors (Lipinski definition) is 0. The maximum atomic E-state index is 13.5.